The van der Waals surface area contributed by atoms with Crippen molar-refractivity contribution < 1.29 is 32.8 Å². The molecule has 3 amide bonds. The van der Waals surface area contributed by atoms with E-state index in [9.17, 15) is 18.6 Å². The van der Waals surface area contributed by atoms with Crippen LogP contribution in [0.3, 0.4) is 0 Å². The molecule has 0 bridgehead atoms. The number of hydrogen-bond donors (Lipinski definition) is 4. The molecule has 12 nitrogen and oxygen atoms in total. The van der Waals surface area contributed by atoms with Crippen molar-refractivity contribution in [2.24, 2.45) is 10.1 Å². The van der Waals surface area contributed by atoms with Crippen molar-refractivity contribution in [2.45, 2.75) is 39.7 Å². The molecule has 0 aliphatic carbocycles. The van der Waals surface area contributed by atoms with Crippen LogP contribution in [0.15, 0.2) is 28.6 Å². The molecule has 0 aliphatic heterocycles. The summed E-state index contributed by atoms with van der Waals surface area (Å²) in [6, 6.07) is 2.89. The number of nitrogens with zero attached hydrogens (tertiary/aromatic N) is 1. The molecule has 6 N–H and O–H groups in total. The molecule has 0 spiro atoms. The summed E-state index contributed by atoms with van der Waals surface area (Å²) in [5.41, 5.74) is 11.8. The lowest BCUT2D eigenvalue weighted by Crippen LogP contribution is -2.32. The third kappa shape index (κ3) is 12.3. The van der Waals surface area contributed by atoms with Crippen molar-refractivity contribution in [3.63, 3.8) is 0 Å². The first-order chi connectivity index (χ1) is 16.7. The van der Waals surface area contributed by atoms with E-state index < -0.39 is 33.4 Å². The molecule has 1 aromatic carbocycles. The van der Waals surface area contributed by atoms with Crippen molar-refractivity contribution >= 4 is 39.2 Å². The first-order valence-electron chi connectivity index (χ1n) is 11.3. The van der Waals surface area contributed by atoms with Gasteiger partial charge in [-0.15, -0.1) is 4.36 Å². The highest BCUT2D eigenvalue weighted by Gasteiger charge is 2.15. The highest BCUT2D eigenvalue weighted by atomic mass is 32.2. The number of rotatable bonds is 12. The summed E-state index contributed by atoms with van der Waals surface area (Å²) in [5, 5.41) is 5.71. The Morgan fingerprint density at radius 2 is 1.83 bits per heavy atom. The van der Waals surface area contributed by atoms with Gasteiger partial charge in [0.05, 0.1) is 28.6 Å². The van der Waals surface area contributed by atoms with Gasteiger partial charge in [-0.3, -0.25) is 4.79 Å². The number of amides is 3. The van der Waals surface area contributed by atoms with Crippen LogP contribution in [0.2, 0.25) is 0 Å². The fourth-order valence-corrected chi connectivity index (χ4v) is 3.84. The summed E-state index contributed by atoms with van der Waals surface area (Å²) in [6.45, 7) is 7.83. The van der Waals surface area contributed by atoms with Crippen molar-refractivity contribution in [2.75, 3.05) is 49.4 Å². The van der Waals surface area contributed by atoms with Crippen LogP contribution >= 0.6 is 0 Å². The second-order valence-corrected chi connectivity index (χ2v) is 11.2. The molecule has 0 saturated carbocycles. The number of carbonyl (C=O) groups is 3. The number of nitrogen functional groups attached to an aromatic ring is 1. The van der Waals surface area contributed by atoms with E-state index in [1.54, 1.807) is 39.8 Å². The van der Waals surface area contributed by atoms with E-state index in [4.69, 9.17) is 25.7 Å². The van der Waals surface area contributed by atoms with E-state index in [-0.39, 0.29) is 42.5 Å². The lowest BCUT2D eigenvalue weighted by Gasteiger charge is -2.19. The molecule has 1 rings (SSSR count). The van der Waals surface area contributed by atoms with Gasteiger partial charge in [0.15, 0.2) is 0 Å². The van der Waals surface area contributed by atoms with Gasteiger partial charge in [0.1, 0.15) is 17.0 Å². The zero-order valence-electron chi connectivity index (χ0n) is 21.4. The smallest absolute Gasteiger partial charge is 0.441 e. The minimum absolute atomic E-state index is 0.104. The van der Waals surface area contributed by atoms with Crippen molar-refractivity contribution in [3.05, 3.63) is 29.8 Å². The third-order valence-corrected chi connectivity index (χ3v) is 5.79. The van der Waals surface area contributed by atoms with Crippen LogP contribution in [0.5, 0.6) is 5.75 Å². The quantitative estimate of drug-likeness (QED) is 0.180. The summed E-state index contributed by atoms with van der Waals surface area (Å²) >= 11 is 0. The zero-order valence-corrected chi connectivity index (χ0v) is 22.2. The maximum absolute atomic E-state index is 12.4. The molecule has 0 radical (unpaired) electrons. The summed E-state index contributed by atoms with van der Waals surface area (Å²) in [6.07, 6.45) is 3.80. The molecule has 0 aliphatic rings. The van der Waals surface area contributed by atoms with Crippen LogP contribution in [0.25, 0.3) is 0 Å². The van der Waals surface area contributed by atoms with Gasteiger partial charge in [-0.25, -0.2) is 13.8 Å². The van der Waals surface area contributed by atoms with Gasteiger partial charge >= 0.3 is 12.2 Å². The van der Waals surface area contributed by atoms with E-state index in [1.807, 2.05) is 0 Å². The maximum atomic E-state index is 12.4. The van der Waals surface area contributed by atoms with Crippen molar-refractivity contribution in [1.82, 2.24) is 5.32 Å². The highest BCUT2D eigenvalue weighted by molar-refractivity contribution is 7.93. The monoisotopic (exact) mass is 527 g/mol. The fraction of sp³-hybridized carbons (Fsp3) is 0.522. The van der Waals surface area contributed by atoms with Crippen LogP contribution in [-0.4, -0.2) is 66.2 Å². The van der Waals surface area contributed by atoms with Gasteiger partial charge in [-0.2, -0.15) is 0 Å². The minimum Gasteiger partial charge on any atom is -0.491 e. The van der Waals surface area contributed by atoms with Crippen molar-refractivity contribution in [1.29, 1.82) is 0 Å². The van der Waals surface area contributed by atoms with Gasteiger partial charge in [0.25, 0.3) is 0 Å². The number of nitrogens with one attached hydrogen (secondary N) is 2. The Balaban J connectivity index is 2.76. The predicted molar refractivity (Wildman–Crippen MR) is 140 cm³/mol. The fourth-order valence-electron chi connectivity index (χ4n) is 2.73. The minimum atomic E-state index is -2.78. The molecular formula is C23H37N5O7S. The Hall–Kier alpha value is -3.48. The summed E-state index contributed by atoms with van der Waals surface area (Å²) in [7, 11) is -2.78. The Bertz CT molecular complexity index is 1070. The van der Waals surface area contributed by atoms with E-state index >= 15 is 0 Å². The summed E-state index contributed by atoms with van der Waals surface area (Å²) in [5.74, 6) is -0.280. The SMILES string of the molecule is CCOC(=O)N=S(C)(=O)CCCOc1cc(C(N)=O)cc(N)c1NC/C=C/CNC(=O)OC(C)(C)C. The Kier molecular flexibility index (Phi) is 12.0. The molecule has 0 saturated heterocycles. The van der Waals surface area contributed by atoms with E-state index in [2.05, 4.69) is 15.0 Å². The van der Waals surface area contributed by atoms with E-state index in [0.717, 1.165) is 0 Å². The number of primary amides is 1. The molecule has 0 heterocycles. The topological polar surface area (TPSA) is 184 Å². The summed E-state index contributed by atoms with van der Waals surface area (Å²) < 4.78 is 31.6. The average Bonchev–Trinajstić information content (AvgIpc) is 2.73. The lowest BCUT2D eigenvalue weighted by molar-refractivity contribution is 0.0533. The van der Waals surface area contributed by atoms with Crippen molar-refractivity contribution in [3.8, 4) is 5.75 Å². The molecule has 36 heavy (non-hydrogen) atoms. The molecule has 1 unspecified atom stereocenters. The number of nitrogens with two attached hydrogens (primary N) is 2. The number of ether oxygens (including phenoxy) is 3. The first-order valence-corrected chi connectivity index (χ1v) is 13.4. The Morgan fingerprint density at radius 3 is 2.44 bits per heavy atom. The van der Waals surface area contributed by atoms with Gasteiger partial charge in [0.2, 0.25) is 5.91 Å². The van der Waals surface area contributed by atoms with E-state index in [0.29, 0.717) is 18.7 Å². The second-order valence-electron chi connectivity index (χ2n) is 8.69. The number of carbonyl (C=O) groups excluding carboxylic acids is 3. The molecule has 13 heteroatoms. The number of anilines is 2. The number of hydrogen-bond acceptors (Lipinski definition) is 9. The molecule has 1 aromatic rings. The molecule has 202 valence electrons. The van der Waals surface area contributed by atoms with Crippen LogP contribution in [0.4, 0.5) is 21.0 Å². The number of alkyl carbamates (subject to hydrolysis) is 1. The lowest BCUT2D eigenvalue weighted by atomic mass is 10.1. The number of benzene rings is 1. The standard InChI is InChI=1S/C23H37N5O7S/c1-6-33-22(31)28-36(5,32)13-9-12-34-18-15-16(20(25)29)14-17(24)19(18)26-10-7-8-11-27-21(30)35-23(2,3)4/h7-8,14-15,26H,6,9-13,24H2,1-5H3,(H2,25,29)(H,27,30)/b8-7+. The normalized spacial score (nSPS) is 12.9. The molecule has 0 fully saturated rings. The van der Waals surface area contributed by atoms with Crippen LogP contribution in [0.1, 0.15) is 44.5 Å². The molecule has 1 atom stereocenters. The predicted octanol–water partition coefficient (Wildman–Crippen LogP) is 2.88. The average molecular weight is 528 g/mol. The maximum Gasteiger partial charge on any atom is 0.441 e. The van der Waals surface area contributed by atoms with Gasteiger partial charge in [-0.1, -0.05) is 12.2 Å². The third-order valence-electron chi connectivity index (χ3n) is 4.20. The van der Waals surface area contributed by atoms with Gasteiger partial charge < -0.3 is 36.3 Å². The summed E-state index contributed by atoms with van der Waals surface area (Å²) in [4.78, 5) is 34.8. The van der Waals surface area contributed by atoms with Crippen LogP contribution in [0, 0.1) is 0 Å². The first kappa shape index (κ1) is 30.6. The second kappa shape index (κ2) is 14.2. The largest absolute Gasteiger partial charge is 0.491 e. The van der Waals surface area contributed by atoms with Crippen LogP contribution < -0.4 is 26.8 Å². The van der Waals surface area contributed by atoms with Crippen LogP contribution in [-0.2, 0) is 19.2 Å². The highest BCUT2D eigenvalue weighted by Crippen LogP contribution is 2.32. The Morgan fingerprint density at radius 1 is 1.17 bits per heavy atom. The van der Waals surface area contributed by atoms with Gasteiger partial charge in [0, 0.05) is 30.7 Å². The van der Waals surface area contributed by atoms with Gasteiger partial charge in [-0.05, 0) is 46.2 Å². The Labute approximate surface area is 212 Å². The molecule has 0 aromatic heterocycles. The van der Waals surface area contributed by atoms with E-state index in [1.165, 1.54) is 18.4 Å². The molecular weight excluding hydrogens is 490 g/mol. The zero-order chi connectivity index (χ0) is 27.4.